The zero-order valence-corrected chi connectivity index (χ0v) is 11.0. The maximum absolute atomic E-state index is 12.1. The number of carboxylic acid groups (broad SMARTS) is 1. The summed E-state index contributed by atoms with van der Waals surface area (Å²) >= 11 is 0. The molecule has 0 aliphatic heterocycles. The first-order valence-corrected chi connectivity index (χ1v) is 6.36. The third kappa shape index (κ3) is 2.49. The molecule has 3 N–H and O–H groups in total. The van der Waals surface area contributed by atoms with Gasteiger partial charge < -0.3 is 15.4 Å². The molecule has 0 saturated carbocycles. The molecule has 1 aromatic heterocycles. The number of aromatic amines is 1. The van der Waals surface area contributed by atoms with Gasteiger partial charge in [-0.1, -0.05) is 18.2 Å². The second-order valence-corrected chi connectivity index (χ2v) is 4.59. The molecule has 3 rings (SSSR count). The number of nitrogens with one attached hydrogen (secondary N) is 2. The molecule has 0 aliphatic carbocycles. The van der Waals surface area contributed by atoms with Crippen LogP contribution < -0.4 is 10.7 Å². The van der Waals surface area contributed by atoms with E-state index < -0.39 is 11.4 Å². The molecule has 5 nitrogen and oxygen atoms in total. The number of hydrogen-bond donors (Lipinski definition) is 3. The lowest BCUT2D eigenvalue weighted by Crippen LogP contribution is -2.15. The number of carboxylic acids is 1. The number of benzene rings is 2. The summed E-state index contributed by atoms with van der Waals surface area (Å²) in [6, 6.07) is 14.7. The molecular weight excluding hydrogens is 268 g/mol. The lowest BCUT2D eigenvalue weighted by Gasteiger charge is -2.07. The van der Waals surface area contributed by atoms with Crippen LogP contribution in [0.2, 0.25) is 0 Å². The van der Waals surface area contributed by atoms with E-state index in [1.54, 1.807) is 12.1 Å². The maximum Gasteiger partial charge on any atom is 0.341 e. The van der Waals surface area contributed by atoms with Crippen molar-refractivity contribution in [2.45, 2.75) is 0 Å². The summed E-state index contributed by atoms with van der Waals surface area (Å²) in [4.78, 5) is 26.0. The van der Waals surface area contributed by atoms with E-state index in [4.69, 9.17) is 5.11 Å². The summed E-state index contributed by atoms with van der Waals surface area (Å²) in [7, 11) is 0. The third-order valence-corrected chi connectivity index (χ3v) is 3.17. The fraction of sp³-hybridized carbons (Fsp3) is 0. The Morgan fingerprint density at radius 3 is 2.52 bits per heavy atom. The van der Waals surface area contributed by atoms with Crippen LogP contribution >= 0.6 is 0 Å². The summed E-state index contributed by atoms with van der Waals surface area (Å²) < 4.78 is 0. The van der Waals surface area contributed by atoms with E-state index in [1.807, 2.05) is 36.4 Å². The lowest BCUT2D eigenvalue weighted by molar-refractivity contribution is 0.0695. The Hall–Kier alpha value is -3.08. The minimum atomic E-state index is -1.24. The molecule has 1 heterocycles. The summed E-state index contributed by atoms with van der Waals surface area (Å²) in [5.74, 6) is -1.24. The molecular formula is C16H12N2O3. The zero-order valence-electron chi connectivity index (χ0n) is 11.0. The molecule has 0 bridgehead atoms. The Morgan fingerprint density at radius 1 is 1.05 bits per heavy atom. The summed E-state index contributed by atoms with van der Waals surface area (Å²) in [5, 5.41) is 12.5. The van der Waals surface area contributed by atoms with Gasteiger partial charge in [-0.25, -0.2) is 4.79 Å². The van der Waals surface area contributed by atoms with Crippen LogP contribution in [-0.4, -0.2) is 16.1 Å². The zero-order chi connectivity index (χ0) is 14.8. The topological polar surface area (TPSA) is 82.2 Å². The van der Waals surface area contributed by atoms with E-state index in [0.29, 0.717) is 10.9 Å². The fourth-order valence-electron chi connectivity index (χ4n) is 2.14. The SMILES string of the molecule is O=C(O)c1c[nH]c2ccc(Nc3ccccc3)cc2c1=O. The Balaban J connectivity index is 2.08. The number of rotatable bonds is 3. The molecule has 5 heteroatoms. The number of aromatic nitrogens is 1. The lowest BCUT2D eigenvalue weighted by atomic mass is 10.1. The predicted molar refractivity (Wildman–Crippen MR) is 81.3 cm³/mol. The highest BCUT2D eigenvalue weighted by Gasteiger charge is 2.11. The second-order valence-electron chi connectivity index (χ2n) is 4.59. The van der Waals surface area contributed by atoms with Crippen LogP contribution in [-0.2, 0) is 0 Å². The van der Waals surface area contributed by atoms with Crippen LogP contribution in [0.3, 0.4) is 0 Å². The summed E-state index contributed by atoms with van der Waals surface area (Å²) in [6.07, 6.45) is 1.22. The molecule has 0 spiro atoms. The number of aromatic carboxylic acids is 1. The first-order chi connectivity index (χ1) is 10.1. The molecule has 0 radical (unpaired) electrons. The Bertz CT molecular complexity index is 870. The summed E-state index contributed by atoms with van der Waals surface area (Å²) in [6.45, 7) is 0. The van der Waals surface area contributed by atoms with Crippen LogP contribution in [0.4, 0.5) is 11.4 Å². The van der Waals surface area contributed by atoms with Crippen molar-refractivity contribution in [1.29, 1.82) is 0 Å². The third-order valence-electron chi connectivity index (χ3n) is 3.17. The number of H-pyrrole nitrogens is 1. The van der Waals surface area contributed by atoms with Gasteiger partial charge in [0.05, 0.1) is 0 Å². The Morgan fingerprint density at radius 2 is 1.81 bits per heavy atom. The Labute approximate surface area is 119 Å². The number of fused-ring (bicyclic) bond motifs is 1. The van der Waals surface area contributed by atoms with Gasteiger partial charge >= 0.3 is 5.97 Å². The molecule has 0 aliphatic rings. The van der Waals surface area contributed by atoms with Crippen molar-refractivity contribution in [2.24, 2.45) is 0 Å². The quantitative estimate of drug-likeness (QED) is 0.689. The number of anilines is 2. The van der Waals surface area contributed by atoms with Crippen molar-refractivity contribution in [3.8, 4) is 0 Å². The fourth-order valence-corrected chi connectivity index (χ4v) is 2.14. The molecule has 0 amide bonds. The molecule has 3 aromatic rings. The minimum Gasteiger partial charge on any atom is -0.477 e. The van der Waals surface area contributed by atoms with E-state index >= 15 is 0 Å². The van der Waals surface area contributed by atoms with Crippen molar-refractivity contribution < 1.29 is 9.90 Å². The van der Waals surface area contributed by atoms with Gasteiger partial charge in [-0.05, 0) is 30.3 Å². The van der Waals surface area contributed by atoms with Crippen molar-refractivity contribution >= 4 is 28.2 Å². The monoisotopic (exact) mass is 280 g/mol. The molecule has 0 unspecified atom stereocenters. The minimum absolute atomic E-state index is 0.264. The summed E-state index contributed by atoms with van der Waals surface area (Å²) in [5.41, 5.74) is 1.46. The van der Waals surface area contributed by atoms with Crippen molar-refractivity contribution in [3.63, 3.8) is 0 Å². The highest BCUT2D eigenvalue weighted by molar-refractivity contribution is 5.93. The number of hydrogen-bond acceptors (Lipinski definition) is 3. The number of pyridine rings is 1. The molecule has 0 atom stereocenters. The van der Waals surface area contributed by atoms with E-state index in [1.165, 1.54) is 6.20 Å². The van der Waals surface area contributed by atoms with Crippen molar-refractivity contribution in [3.05, 3.63) is 70.5 Å². The highest BCUT2D eigenvalue weighted by atomic mass is 16.4. The second kappa shape index (κ2) is 5.13. The van der Waals surface area contributed by atoms with Crippen LogP contribution in [0, 0.1) is 0 Å². The van der Waals surface area contributed by atoms with Crippen LogP contribution in [0.25, 0.3) is 10.9 Å². The van der Waals surface area contributed by atoms with Gasteiger partial charge in [-0.15, -0.1) is 0 Å². The van der Waals surface area contributed by atoms with Gasteiger partial charge in [0.15, 0.2) is 0 Å². The normalized spacial score (nSPS) is 10.5. The first-order valence-electron chi connectivity index (χ1n) is 6.36. The molecule has 21 heavy (non-hydrogen) atoms. The standard InChI is InChI=1S/C16H12N2O3/c19-15-12-8-11(18-10-4-2-1-3-5-10)6-7-14(12)17-9-13(15)16(20)21/h1-9,18H,(H,17,19)(H,20,21). The molecule has 0 fully saturated rings. The van der Waals surface area contributed by atoms with Gasteiger partial charge in [0.1, 0.15) is 5.56 Å². The van der Waals surface area contributed by atoms with Gasteiger partial charge in [0.2, 0.25) is 5.43 Å². The maximum atomic E-state index is 12.1. The van der Waals surface area contributed by atoms with Gasteiger partial charge in [-0.2, -0.15) is 0 Å². The predicted octanol–water partition coefficient (Wildman–Crippen LogP) is 2.97. The van der Waals surface area contributed by atoms with E-state index in [2.05, 4.69) is 10.3 Å². The van der Waals surface area contributed by atoms with Crippen LogP contribution in [0.1, 0.15) is 10.4 Å². The van der Waals surface area contributed by atoms with E-state index in [-0.39, 0.29) is 5.56 Å². The molecule has 104 valence electrons. The van der Waals surface area contributed by atoms with Gasteiger partial charge in [-0.3, -0.25) is 4.79 Å². The van der Waals surface area contributed by atoms with Crippen LogP contribution in [0.15, 0.2) is 59.5 Å². The number of para-hydroxylation sites is 1. The molecule has 0 saturated heterocycles. The van der Waals surface area contributed by atoms with E-state index in [9.17, 15) is 9.59 Å². The van der Waals surface area contributed by atoms with E-state index in [0.717, 1.165) is 11.4 Å². The average molecular weight is 280 g/mol. The average Bonchev–Trinajstić information content (AvgIpc) is 2.49. The van der Waals surface area contributed by atoms with Crippen molar-refractivity contribution in [1.82, 2.24) is 4.98 Å². The van der Waals surface area contributed by atoms with Crippen LogP contribution in [0.5, 0.6) is 0 Å². The van der Waals surface area contributed by atoms with Gasteiger partial charge in [0, 0.05) is 28.5 Å². The highest BCUT2D eigenvalue weighted by Crippen LogP contribution is 2.19. The molecule has 2 aromatic carbocycles. The largest absolute Gasteiger partial charge is 0.477 e. The van der Waals surface area contributed by atoms with Crippen molar-refractivity contribution in [2.75, 3.05) is 5.32 Å². The first kappa shape index (κ1) is 12.9. The number of carbonyl (C=O) groups is 1. The Kier molecular flexibility index (Phi) is 3.16. The van der Waals surface area contributed by atoms with Gasteiger partial charge in [0.25, 0.3) is 0 Å². The smallest absolute Gasteiger partial charge is 0.341 e.